The Bertz CT molecular complexity index is 735. The molecule has 2 heterocycles. The van der Waals surface area contributed by atoms with Gasteiger partial charge in [0.2, 0.25) is 10.0 Å². The van der Waals surface area contributed by atoms with Gasteiger partial charge in [0.15, 0.2) is 5.69 Å². The summed E-state index contributed by atoms with van der Waals surface area (Å²) in [6.07, 6.45) is 0.530. The van der Waals surface area contributed by atoms with Gasteiger partial charge in [-0.3, -0.25) is 5.10 Å². The van der Waals surface area contributed by atoms with Crippen molar-refractivity contribution in [2.45, 2.75) is 31.2 Å². The Kier molecular flexibility index (Phi) is 4.45. The summed E-state index contributed by atoms with van der Waals surface area (Å²) in [6, 6.07) is 1.56. The summed E-state index contributed by atoms with van der Waals surface area (Å²) in [7, 11) is -3.95. The number of nitrogens with zero attached hydrogens (tertiary/aromatic N) is 1. The van der Waals surface area contributed by atoms with E-state index < -0.39 is 21.7 Å². The van der Waals surface area contributed by atoms with E-state index >= 15 is 0 Å². The molecule has 9 heteroatoms. The molecule has 2 rings (SSSR count). The number of hydrogen-bond acceptors (Lipinski definition) is 5. The van der Waals surface area contributed by atoms with Crippen molar-refractivity contribution in [3.8, 4) is 0 Å². The number of thiophene rings is 1. The molecule has 0 fully saturated rings. The SMILES string of the molecule is Cc1[nH]nc(C(=O)O)c1S(=O)(=O)NC(C)Cc1ccsc1. The first-order chi connectivity index (χ1) is 9.81. The van der Waals surface area contributed by atoms with Gasteiger partial charge < -0.3 is 5.11 Å². The van der Waals surface area contributed by atoms with E-state index in [0.717, 1.165) is 5.56 Å². The van der Waals surface area contributed by atoms with Gasteiger partial charge in [-0.1, -0.05) is 0 Å². The number of carboxylic acid groups (broad SMARTS) is 1. The summed E-state index contributed by atoms with van der Waals surface area (Å²) in [6.45, 7) is 3.20. The predicted molar refractivity (Wildman–Crippen MR) is 78.1 cm³/mol. The van der Waals surface area contributed by atoms with Crippen LogP contribution in [0, 0.1) is 6.92 Å². The zero-order valence-electron chi connectivity index (χ0n) is 11.5. The Hall–Kier alpha value is -1.71. The van der Waals surface area contributed by atoms with E-state index in [1.165, 1.54) is 18.3 Å². The molecule has 0 aliphatic carbocycles. The normalized spacial score (nSPS) is 13.2. The molecular weight excluding hydrogens is 314 g/mol. The lowest BCUT2D eigenvalue weighted by Crippen LogP contribution is -2.35. The fourth-order valence-electron chi connectivity index (χ4n) is 2.02. The number of rotatable bonds is 6. The quantitative estimate of drug-likeness (QED) is 0.741. The number of carbonyl (C=O) groups is 1. The lowest BCUT2D eigenvalue weighted by Gasteiger charge is -2.13. The van der Waals surface area contributed by atoms with Gasteiger partial charge in [-0.15, -0.1) is 0 Å². The second-order valence-corrected chi connectivity index (χ2v) is 7.12. The molecule has 0 amide bonds. The van der Waals surface area contributed by atoms with Crippen LogP contribution in [0.1, 0.15) is 28.7 Å². The maximum absolute atomic E-state index is 12.3. The van der Waals surface area contributed by atoms with E-state index in [4.69, 9.17) is 5.11 Å². The van der Waals surface area contributed by atoms with Crippen LogP contribution in [0.25, 0.3) is 0 Å². The third-order valence-corrected chi connectivity index (χ3v) is 5.32. The van der Waals surface area contributed by atoms with Crippen molar-refractivity contribution in [1.82, 2.24) is 14.9 Å². The van der Waals surface area contributed by atoms with Crippen LogP contribution >= 0.6 is 11.3 Å². The highest BCUT2D eigenvalue weighted by Gasteiger charge is 2.29. The van der Waals surface area contributed by atoms with E-state index in [2.05, 4.69) is 14.9 Å². The lowest BCUT2D eigenvalue weighted by molar-refractivity contribution is 0.0686. The van der Waals surface area contributed by atoms with Crippen LogP contribution in [0.15, 0.2) is 21.7 Å². The zero-order valence-corrected chi connectivity index (χ0v) is 13.1. The molecule has 0 spiro atoms. The first-order valence-corrected chi connectivity index (χ1v) is 8.55. The number of nitrogens with one attached hydrogen (secondary N) is 2. The Morgan fingerprint density at radius 1 is 1.57 bits per heavy atom. The van der Waals surface area contributed by atoms with Crippen LogP contribution in [0.2, 0.25) is 0 Å². The molecule has 7 nitrogen and oxygen atoms in total. The molecule has 0 radical (unpaired) electrons. The van der Waals surface area contributed by atoms with E-state index in [1.807, 2.05) is 16.8 Å². The molecule has 21 heavy (non-hydrogen) atoms. The van der Waals surface area contributed by atoms with E-state index in [1.54, 1.807) is 6.92 Å². The van der Waals surface area contributed by atoms with Gasteiger partial charge in [0.05, 0.1) is 5.69 Å². The highest BCUT2D eigenvalue weighted by molar-refractivity contribution is 7.89. The molecule has 1 atom stereocenters. The van der Waals surface area contributed by atoms with Gasteiger partial charge in [-0.05, 0) is 42.7 Å². The minimum Gasteiger partial charge on any atom is -0.476 e. The van der Waals surface area contributed by atoms with Gasteiger partial charge in [0.1, 0.15) is 4.90 Å². The fraction of sp³-hybridized carbons (Fsp3) is 0.333. The van der Waals surface area contributed by atoms with Gasteiger partial charge in [-0.25, -0.2) is 17.9 Å². The molecule has 0 aliphatic rings. The first-order valence-electron chi connectivity index (χ1n) is 6.13. The molecule has 0 bridgehead atoms. The lowest BCUT2D eigenvalue weighted by atomic mass is 10.1. The molecule has 3 N–H and O–H groups in total. The van der Waals surface area contributed by atoms with Crippen LogP contribution in [0.3, 0.4) is 0 Å². The van der Waals surface area contributed by atoms with E-state index in [-0.39, 0.29) is 16.6 Å². The average molecular weight is 329 g/mol. The summed E-state index contributed by atoms with van der Waals surface area (Å²) in [5.74, 6) is -1.38. The summed E-state index contributed by atoms with van der Waals surface area (Å²) in [5.41, 5.74) is 0.725. The van der Waals surface area contributed by atoms with Gasteiger partial charge in [0.25, 0.3) is 0 Å². The second-order valence-electron chi connectivity index (χ2n) is 4.69. The van der Waals surface area contributed by atoms with Crippen molar-refractivity contribution in [2.24, 2.45) is 0 Å². The van der Waals surface area contributed by atoms with Crippen LogP contribution in [-0.2, 0) is 16.4 Å². The maximum Gasteiger partial charge on any atom is 0.357 e. The van der Waals surface area contributed by atoms with Crippen LogP contribution in [0.4, 0.5) is 0 Å². The fourth-order valence-corrected chi connectivity index (χ4v) is 4.27. The van der Waals surface area contributed by atoms with Gasteiger partial charge in [0, 0.05) is 6.04 Å². The number of sulfonamides is 1. The molecule has 0 saturated heterocycles. The minimum atomic E-state index is -3.95. The number of hydrogen-bond donors (Lipinski definition) is 3. The van der Waals surface area contributed by atoms with Crippen molar-refractivity contribution < 1.29 is 18.3 Å². The van der Waals surface area contributed by atoms with Crippen LogP contribution in [-0.4, -0.2) is 35.7 Å². The van der Waals surface area contributed by atoms with Crippen molar-refractivity contribution in [3.63, 3.8) is 0 Å². The molecule has 114 valence electrons. The zero-order chi connectivity index (χ0) is 15.6. The Labute approximate surface area is 126 Å². The molecule has 0 aromatic carbocycles. The topological polar surface area (TPSA) is 112 Å². The average Bonchev–Trinajstić information content (AvgIpc) is 2.97. The van der Waals surface area contributed by atoms with Gasteiger partial charge >= 0.3 is 5.97 Å². The molecule has 2 aromatic rings. The van der Waals surface area contributed by atoms with Crippen molar-refractivity contribution in [1.29, 1.82) is 0 Å². The molecule has 0 saturated carbocycles. The number of H-pyrrole nitrogens is 1. The van der Waals surface area contributed by atoms with Crippen LogP contribution < -0.4 is 4.72 Å². The number of aromatic carboxylic acids is 1. The molecule has 2 aromatic heterocycles. The summed E-state index contributed by atoms with van der Waals surface area (Å²) in [5, 5.41) is 18.8. The molecular formula is C12H15N3O4S2. The van der Waals surface area contributed by atoms with E-state index in [9.17, 15) is 13.2 Å². The number of aryl methyl sites for hydroxylation is 1. The first kappa shape index (κ1) is 15.7. The summed E-state index contributed by atoms with van der Waals surface area (Å²) in [4.78, 5) is 10.7. The smallest absolute Gasteiger partial charge is 0.357 e. The highest BCUT2D eigenvalue weighted by Crippen LogP contribution is 2.18. The van der Waals surface area contributed by atoms with Gasteiger partial charge in [-0.2, -0.15) is 16.4 Å². The monoisotopic (exact) mass is 329 g/mol. The number of aromatic nitrogens is 2. The number of carboxylic acids is 1. The predicted octanol–water partition coefficient (Wildman–Crippen LogP) is 1.39. The third-order valence-electron chi connectivity index (χ3n) is 2.84. The largest absolute Gasteiger partial charge is 0.476 e. The third kappa shape index (κ3) is 3.49. The Morgan fingerprint density at radius 2 is 2.29 bits per heavy atom. The second kappa shape index (κ2) is 5.96. The van der Waals surface area contributed by atoms with Crippen LogP contribution in [0.5, 0.6) is 0 Å². The summed E-state index contributed by atoms with van der Waals surface area (Å²) < 4.78 is 27.2. The van der Waals surface area contributed by atoms with Crippen molar-refractivity contribution in [3.05, 3.63) is 33.8 Å². The Balaban J connectivity index is 2.22. The van der Waals surface area contributed by atoms with Crippen molar-refractivity contribution in [2.75, 3.05) is 0 Å². The summed E-state index contributed by atoms with van der Waals surface area (Å²) >= 11 is 1.54. The van der Waals surface area contributed by atoms with E-state index in [0.29, 0.717) is 6.42 Å². The molecule has 1 unspecified atom stereocenters. The maximum atomic E-state index is 12.3. The number of aromatic amines is 1. The molecule has 0 aliphatic heterocycles. The Morgan fingerprint density at radius 3 is 2.86 bits per heavy atom. The standard InChI is InChI=1S/C12H15N3O4S2/c1-7(5-9-3-4-20-6-9)15-21(18,19)11-8(2)13-14-10(11)12(16)17/h3-4,6-7,15H,5H2,1-2H3,(H,13,14)(H,16,17). The minimum absolute atomic E-state index is 0.197. The highest BCUT2D eigenvalue weighted by atomic mass is 32.2. The van der Waals surface area contributed by atoms with Crippen molar-refractivity contribution >= 4 is 27.3 Å².